The first kappa shape index (κ1) is 13.2. The monoisotopic (exact) mass is 306 g/mol. The number of nitrogens with one attached hydrogen (secondary N) is 1. The van der Waals surface area contributed by atoms with Gasteiger partial charge in [0, 0.05) is 4.88 Å². The van der Waals surface area contributed by atoms with Crippen LogP contribution in [0.4, 0.5) is 11.5 Å². The first-order chi connectivity index (χ1) is 10.9. The predicted molar refractivity (Wildman–Crippen MR) is 88.5 cm³/mol. The number of benzene rings is 1. The molecular formula is C17H14N4S. The van der Waals surface area contributed by atoms with Gasteiger partial charge in [-0.05, 0) is 43.4 Å². The van der Waals surface area contributed by atoms with Crippen LogP contribution in [-0.2, 0) is 12.8 Å². The van der Waals surface area contributed by atoms with Crippen LogP contribution in [-0.4, -0.2) is 9.97 Å². The minimum absolute atomic E-state index is 0.623. The maximum absolute atomic E-state index is 9.24. The van der Waals surface area contributed by atoms with Crippen molar-refractivity contribution in [3.05, 3.63) is 46.6 Å². The maximum Gasteiger partial charge on any atom is 0.142 e. The molecule has 4 rings (SSSR count). The first-order valence-corrected chi connectivity index (χ1v) is 8.20. The zero-order chi connectivity index (χ0) is 14.9. The molecule has 0 atom stereocenters. The van der Waals surface area contributed by atoms with Crippen LogP contribution in [0.2, 0.25) is 0 Å². The molecule has 0 unspecified atom stereocenters. The molecule has 0 radical (unpaired) electrons. The van der Waals surface area contributed by atoms with Crippen LogP contribution in [0.5, 0.6) is 0 Å². The van der Waals surface area contributed by atoms with E-state index in [4.69, 9.17) is 0 Å². The summed E-state index contributed by atoms with van der Waals surface area (Å²) in [6, 6.07) is 9.72. The fourth-order valence-electron chi connectivity index (χ4n) is 3.00. The van der Waals surface area contributed by atoms with Gasteiger partial charge in [0.25, 0.3) is 0 Å². The number of nitrogens with zero attached hydrogens (tertiary/aromatic N) is 3. The van der Waals surface area contributed by atoms with Crippen LogP contribution < -0.4 is 5.32 Å². The predicted octanol–water partition coefficient (Wildman–Crippen LogP) is 4.19. The lowest BCUT2D eigenvalue weighted by molar-refractivity contribution is 0.700. The Bertz CT molecular complexity index is 891. The van der Waals surface area contributed by atoms with Crippen molar-refractivity contribution in [3.8, 4) is 6.07 Å². The van der Waals surface area contributed by atoms with E-state index in [0.717, 1.165) is 34.6 Å². The highest BCUT2D eigenvalue weighted by atomic mass is 32.1. The minimum Gasteiger partial charge on any atom is -0.338 e. The number of nitriles is 1. The molecule has 0 bridgehead atoms. The van der Waals surface area contributed by atoms with Crippen LogP contribution in [0, 0.1) is 11.3 Å². The van der Waals surface area contributed by atoms with Gasteiger partial charge in [0.1, 0.15) is 23.0 Å². The van der Waals surface area contributed by atoms with E-state index in [1.807, 2.05) is 24.3 Å². The fourth-order valence-corrected chi connectivity index (χ4v) is 4.23. The van der Waals surface area contributed by atoms with E-state index in [9.17, 15) is 5.26 Å². The number of aryl methyl sites for hydroxylation is 2. The third kappa shape index (κ3) is 2.13. The van der Waals surface area contributed by atoms with Crippen molar-refractivity contribution in [2.24, 2.45) is 0 Å². The van der Waals surface area contributed by atoms with Gasteiger partial charge >= 0.3 is 0 Å². The molecule has 108 valence electrons. The number of hydrogen-bond donors (Lipinski definition) is 1. The normalized spacial score (nSPS) is 13.6. The van der Waals surface area contributed by atoms with Crippen molar-refractivity contribution < 1.29 is 0 Å². The standard InChI is InChI=1S/C17H14N4S/c18-9-11-5-1-3-7-13(11)21-16-15-12-6-2-4-8-14(12)22-17(15)20-10-19-16/h1,3,5,7,10H,2,4,6,8H2,(H,19,20,21). The highest BCUT2D eigenvalue weighted by Gasteiger charge is 2.20. The summed E-state index contributed by atoms with van der Waals surface area (Å²) in [5, 5.41) is 13.7. The van der Waals surface area contributed by atoms with Crippen LogP contribution in [0.1, 0.15) is 28.8 Å². The molecule has 1 N–H and O–H groups in total. The number of para-hydroxylation sites is 1. The Labute approximate surface area is 132 Å². The zero-order valence-corrected chi connectivity index (χ0v) is 12.8. The number of fused-ring (bicyclic) bond motifs is 3. The summed E-state index contributed by atoms with van der Waals surface area (Å²) in [6.45, 7) is 0. The van der Waals surface area contributed by atoms with Crippen LogP contribution in [0.15, 0.2) is 30.6 Å². The third-order valence-corrected chi connectivity index (χ3v) is 5.25. The SMILES string of the molecule is N#Cc1ccccc1Nc1ncnc2sc3c(c12)CCCC3. The van der Waals surface area contributed by atoms with E-state index in [1.165, 1.54) is 23.3 Å². The molecule has 0 amide bonds. The van der Waals surface area contributed by atoms with Gasteiger partial charge in [-0.2, -0.15) is 5.26 Å². The van der Waals surface area contributed by atoms with Crippen molar-refractivity contribution >= 4 is 33.1 Å². The molecular weight excluding hydrogens is 292 g/mol. The smallest absolute Gasteiger partial charge is 0.142 e. The molecule has 0 fully saturated rings. The quantitative estimate of drug-likeness (QED) is 0.771. The Morgan fingerprint density at radius 2 is 2.00 bits per heavy atom. The van der Waals surface area contributed by atoms with Gasteiger partial charge in [-0.1, -0.05) is 12.1 Å². The van der Waals surface area contributed by atoms with Gasteiger partial charge in [-0.15, -0.1) is 11.3 Å². The van der Waals surface area contributed by atoms with Gasteiger partial charge in [0.05, 0.1) is 16.6 Å². The second-order valence-corrected chi connectivity index (χ2v) is 6.48. The van der Waals surface area contributed by atoms with Gasteiger partial charge in [0.15, 0.2) is 0 Å². The zero-order valence-electron chi connectivity index (χ0n) is 12.0. The molecule has 2 heterocycles. The molecule has 22 heavy (non-hydrogen) atoms. The first-order valence-electron chi connectivity index (χ1n) is 7.38. The second-order valence-electron chi connectivity index (χ2n) is 5.40. The Kier molecular flexibility index (Phi) is 3.24. The van der Waals surface area contributed by atoms with Gasteiger partial charge in [-0.25, -0.2) is 9.97 Å². The maximum atomic E-state index is 9.24. The summed E-state index contributed by atoms with van der Waals surface area (Å²) in [5.41, 5.74) is 2.81. The number of thiophene rings is 1. The third-order valence-electron chi connectivity index (χ3n) is 4.05. The van der Waals surface area contributed by atoms with Crippen LogP contribution >= 0.6 is 11.3 Å². The largest absolute Gasteiger partial charge is 0.338 e. The van der Waals surface area contributed by atoms with E-state index < -0.39 is 0 Å². The van der Waals surface area contributed by atoms with Crippen molar-refractivity contribution in [3.63, 3.8) is 0 Å². The number of anilines is 2. The van der Waals surface area contributed by atoms with Crippen molar-refractivity contribution in [2.75, 3.05) is 5.32 Å². The molecule has 0 aliphatic heterocycles. The molecule has 2 aromatic heterocycles. The molecule has 1 aliphatic carbocycles. The average Bonchev–Trinajstić information content (AvgIpc) is 2.95. The average molecular weight is 306 g/mol. The second kappa shape index (κ2) is 5.39. The Balaban J connectivity index is 1.85. The van der Waals surface area contributed by atoms with Gasteiger partial charge < -0.3 is 5.32 Å². The lowest BCUT2D eigenvalue weighted by Crippen LogP contribution is -2.01. The lowest BCUT2D eigenvalue weighted by Gasteiger charge is -2.12. The van der Waals surface area contributed by atoms with Gasteiger partial charge in [-0.3, -0.25) is 0 Å². The summed E-state index contributed by atoms with van der Waals surface area (Å²) in [4.78, 5) is 11.3. The van der Waals surface area contributed by atoms with E-state index in [-0.39, 0.29) is 0 Å². The minimum atomic E-state index is 0.623. The summed E-state index contributed by atoms with van der Waals surface area (Å²) >= 11 is 1.78. The van der Waals surface area contributed by atoms with Gasteiger partial charge in [0.2, 0.25) is 0 Å². The molecule has 3 aromatic rings. The van der Waals surface area contributed by atoms with Crippen molar-refractivity contribution in [2.45, 2.75) is 25.7 Å². The van der Waals surface area contributed by atoms with E-state index >= 15 is 0 Å². The summed E-state index contributed by atoms with van der Waals surface area (Å²) < 4.78 is 0. The Hall–Kier alpha value is -2.45. The molecule has 5 heteroatoms. The Morgan fingerprint density at radius 3 is 2.91 bits per heavy atom. The number of hydrogen-bond acceptors (Lipinski definition) is 5. The van der Waals surface area contributed by atoms with Crippen molar-refractivity contribution in [1.82, 2.24) is 9.97 Å². The lowest BCUT2D eigenvalue weighted by atomic mass is 9.97. The van der Waals surface area contributed by atoms with Crippen molar-refractivity contribution in [1.29, 1.82) is 5.26 Å². The van der Waals surface area contributed by atoms with E-state index in [0.29, 0.717) is 5.56 Å². The molecule has 0 saturated carbocycles. The van der Waals surface area contributed by atoms with E-state index in [2.05, 4.69) is 21.4 Å². The summed E-state index contributed by atoms with van der Waals surface area (Å²) in [5.74, 6) is 0.812. The summed E-state index contributed by atoms with van der Waals surface area (Å²) in [6.07, 6.45) is 6.32. The van der Waals surface area contributed by atoms with Crippen LogP contribution in [0.25, 0.3) is 10.2 Å². The molecule has 0 saturated heterocycles. The molecule has 1 aliphatic rings. The highest BCUT2D eigenvalue weighted by Crippen LogP contribution is 2.39. The topological polar surface area (TPSA) is 61.6 Å². The molecule has 4 nitrogen and oxygen atoms in total. The molecule has 0 spiro atoms. The molecule has 1 aromatic carbocycles. The fraction of sp³-hybridized carbons (Fsp3) is 0.235. The summed E-state index contributed by atoms with van der Waals surface area (Å²) in [7, 11) is 0. The Morgan fingerprint density at radius 1 is 1.14 bits per heavy atom. The highest BCUT2D eigenvalue weighted by molar-refractivity contribution is 7.19. The van der Waals surface area contributed by atoms with Crippen LogP contribution in [0.3, 0.4) is 0 Å². The van der Waals surface area contributed by atoms with E-state index in [1.54, 1.807) is 17.7 Å². The number of aromatic nitrogens is 2. The number of rotatable bonds is 2.